The first-order valence-electron chi connectivity index (χ1n) is 6.24. The monoisotopic (exact) mass is 336 g/mol. The fourth-order valence-electron chi connectivity index (χ4n) is 1.81. The summed E-state index contributed by atoms with van der Waals surface area (Å²) in [6.07, 6.45) is 0.0183. The lowest BCUT2D eigenvalue weighted by atomic mass is 10.0. The summed E-state index contributed by atoms with van der Waals surface area (Å²) >= 11 is 3.17. The van der Waals surface area contributed by atoms with Gasteiger partial charge in [0.25, 0.3) is 0 Å². The zero-order valence-corrected chi connectivity index (χ0v) is 12.8. The third-order valence-electron chi connectivity index (χ3n) is 2.64. The normalized spacial score (nSPS) is 10.7. The van der Waals surface area contributed by atoms with Crippen LogP contribution in [-0.4, -0.2) is 11.9 Å². The molecule has 2 rings (SSSR count). The van der Waals surface area contributed by atoms with Crippen molar-refractivity contribution in [1.29, 1.82) is 0 Å². The van der Waals surface area contributed by atoms with Crippen molar-refractivity contribution in [3.05, 3.63) is 63.9 Å². The zero-order valence-electron chi connectivity index (χ0n) is 11.2. The predicted octanol–water partition coefficient (Wildman–Crippen LogP) is 4.61. The molecular formula is C16H14BrFO2. The summed E-state index contributed by atoms with van der Waals surface area (Å²) in [6.45, 7) is 3.81. The number of halogens is 2. The third kappa shape index (κ3) is 3.45. The van der Waals surface area contributed by atoms with Gasteiger partial charge in [-0.2, -0.15) is 0 Å². The maximum atomic E-state index is 13.8. The Balaban J connectivity index is 2.33. The lowest BCUT2D eigenvalue weighted by Gasteiger charge is -2.10. The molecule has 0 atom stereocenters. The molecule has 0 fully saturated rings. The maximum Gasteiger partial charge on any atom is 0.196 e. The molecule has 0 bridgehead atoms. The van der Waals surface area contributed by atoms with E-state index in [1.807, 2.05) is 13.8 Å². The van der Waals surface area contributed by atoms with Crippen molar-refractivity contribution >= 4 is 21.7 Å². The van der Waals surface area contributed by atoms with Crippen LogP contribution in [0.4, 0.5) is 4.39 Å². The second kappa shape index (κ2) is 6.18. The van der Waals surface area contributed by atoms with Crippen molar-refractivity contribution < 1.29 is 13.9 Å². The fraction of sp³-hybridized carbons (Fsp3) is 0.188. The molecule has 20 heavy (non-hydrogen) atoms. The van der Waals surface area contributed by atoms with E-state index in [1.54, 1.807) is 30.3 Å². The van der Waals surface area contributed by atoms with Gasteiger partial charge in [-0.05, 0) is 44.2 Å². The number of ether oxygens (including phenoxy) is 1. The Morgan fingerprint density at radius 2 is 1.95 bits per heavy atom. The van der Waals surface area contributed by atoms with E-state index in [1.165, 1.54) is 12.1 Å². The molecule has 4 heteroatoms. The van der Waals surface area contributed by atoms with Gasteiger partial charge < -0.3 is 4.74 Å². The predicted molar refractivity (Wildman–Crippen MR) is 79.7 cm³/mol. The van der Waals surface area contributed by atoms with Gasteiger partial charge in [0.1, 0.15) is 11.6 Å². The molecule has 0 N–H and O–H groups in total. The van der Waals surface area contributed by atoms with Crippen molar-refractivity contribution in [2.45, 2.75) is 20.0 Å². The number of hydrogen-bond acceptors (Lipinski definition) is 2. The molecule has 0 heterocycles. The highest BCUT2D eigenvalue weighted by Gasteiger charge is 2.15. The molecule has 0 aromatic heterocycles. The van der Waals surface area contributed by atoms with Crippen molar-refractivity contribution in [2.75, 3.05) is 0 Å². The molecule has 2 aromatic rings. The van der Waals surface area contributed by atoms with Crippen LogP contribution in [0.5, 0.6) is 5.75 Å². The summed E-state index contributed by atoms with van der Waals surface area (Å²) in [4.78, 5) is 12.3. The highest BCUT2D eigenvalue weighted by atomic mass is 79.9. The number of ketones is 1. The molecule has 2 aromatic carbocycles. The second-order valence-corrected chi connectivity index (χ2v) is 5.56. The third-order valence-corrected chi connectivity index (χ3v) is 3.14. The van der Waals surface area contributed by atoms with Crippen LogP contribution in [0.1, 0.15) is 29.8 Å². The second-order valence-electron chi connectivity index (χ2n) is 4.65. The van der Waals surface area contributed by atoms with Gasteiger partial charge in [0.15, 0.2) is 5.78 Å². The molecular weight excluding hydrogens is 323 g/mol. The number of carbonyl (C=O) groups excluding carboxylic acids is 1. The standard InChI is InChI=1S/C16H14BrFO2/c1-10(2)20-13-5-3-4-11(8-13)16(19)14-7-6-12(17)9-15(14)18/h3-10H,1-2H3. The van der Waals surface area contributed by atoms with Gasteiger partial charge in [0.2, 0.25) is 0 Å². The Morgan fingerprint density at radius 3 is 2.60 bits per heavy atom. The van der Waals surface area contributed by atoms with Gasteiger partial charge in [-0.25, -0.2) is 4.39 Å². The van der Waals surface area contributed by atoms with Crippen molar-refractivity contribution in [2.24, 2.45) is 0 Å². The smallest absolute Gasteiger partial charge is 0.196 e. The summed E-state index contributed by atoms with van der Waals surface area (Å²) in [5, 5.41) is 0. The lowest BCUT2D eigenvalue weighted by molar-refractivity contribution is 0.103. The highest BCUT2D eigenvalue weighted by Crippen LogP contribution is 2.21. The van der Waals surface area contributed by atoms with Gasteiger partial charge >= 0.3 is 0 Å². The van der Waals surface area contributed by atoms with E-state index < -0.39 is 5.82 Å². The van der Waals surface area contributed by atoms with Gasteiger partial charge in [-0.3, -0.25) is 4.79 Å². The van der Waals surface area contributed by atoms with Gasteiger partial charge in [-0.15, -0.1) is 0 Å². The van der Waals surface area contributed by atoms with Crippen LogP contribution in [0.25, 0.3) is 0 Å². The minimum absolute atomic E-state index is 0.0183. The zero-order chi connectivity index (χ0) is 14.7. The quantitative estimate of drug-likeness (QED) is 0.762. The first-order valence-corrected chi connectivity index (χ1v) is 7.03. The molecule has 0 saturated carbocycles. The largest absolute Gasteiger partial charge is 0.491 e. The first kappa shape index (κ1) is 14.7. The molecule has 0 radical (unpaired) electrons. The van der Waals surface area contributed by atoms with Gasteiger partial charge in [0, 0.05) is 10.0 Å². The molecule has 2 nitrogen and oxygen atoms in total. The first-order chi connectivity index (χ1) is 9.47. The molecule has 0 saturated heterocycles. The maximum absolute atomic E-state index is 13.8. The Morgan fingerprint density at radius 1 is 1.20 bits per heavy atom. The average molecular weight is 337 g/mol. The summed E-state index contributed by atoms with van der Waals surface area (Å²) < 4.78 is 20.0. The number of rotatable bonds is 4. The van der Waals surface area contributed by atoms with Crippen LogP contribution >= 0.6 is 15.9 Å². The topological polar surface area (TPSA) is 26.3 Å². The molecule has 104 valence electrons. The van der Waals surface area contributed by atoms with E-state index in [2.05, 4.69) is 15.9 Å². The minimum Gasteiger partial charge on any atom is -0.491 e. The molecule has 0 aliphatic heterocycles. The highest BCUT2D eigenvalue weighted by molar-refractivity contribution is 9.10. The van der Waals surface area contributed by atoms with Gasteiger partial charge in [-0.1, -0.05) is 28.1 Å². The van der Waals surface area contributed by atoms with Crippen LogP contribution in [-0.2, 0) is 0 Å². The van der Waals surface area contributed by atoms with Crippen LogP contribution in [0, 0.1) is 5.82 Å². The summed E-state index contributed by atoms with van der Waals surface area (Å²) in [5.41, 5.74) is 0.458. The molecule has 0 unspecified atom stereocenters. The Kier molecular flexibility index (Phi) is 4.55. The summed E-state index contributed by atoms with van der Waals surface area (Å²) in [5.74, 6) is -0.299. The van der Waals surface area contributed by atoms with E-state index in [4.69, 9.17) is 4.74 Å². The Labute approximate surface area is 125 Å². The SMILES string of the molecule is CC(C)Oc1cccc(C(=O)c2ccc(Br)cc2F)c1. The molecule has 0 aliphatic rings. The van der Waals surface area contributed by atoms with Crippen molar-refractivity contribution in [1.82, 2.24) is 0 Å². The van der Waals surface area contributed by atoms with Crippen LogP contribution in [0.3, 0.4) is 0 Å². The van der Waals surface area contributed by atoms with Crippen molar-refractivity contribution in [3.63, 3.8) is 0 Å². The van der Waals surface area contributed by atoms with Crippen LogP contribution in [0.15, 0.2) is 46.9 Å². The van der Waals surface area contributed by atoms with Crippen LogP contribution < -0.4 is 4.74 Å². The Bertz CT molecular complexity index is 638. The summed E-state index contributed by atoms with van der Waals surface area (Å²) in [7, 11) is 0. The van der Waals surface area contributed by atoms with E-state index in [-0.39, 0.29) is 17.5 Å². The van der Waals surface area contributed by atoms with Gasteiger partial charge in [0.05, 0.1) is 11.7 Å². The van der Waals surface area contributed by atoms with E-state index in [0.717, 1.165) is 0 Å². The summed E-state index contributed by atoms with van der Waals surface area (Å²) in [6, 6.07) is 11.2. The Hall–Kier alpha value is -1.68. The lowest BCUT2D eigenvalue weighted by Crippen LogP contribution is -2.08. The van der Waals surface area contributed by atoms with Crippen LogP contribution in [0.2, 0.25) is 0 Å². The minimum atomic E-state index is -0.542. The van der Waals surface area contributed by atoms with E-state index in [9.17, 15) is 9.18 Å². The van der Waals surface area contributed by atoms with Crippen molar-refractivity contribution in [3.8, 4) is 5.75 Å². The number of carbonyl (C=O) groups is 1. The molecule has 0 aliphatic carbocycles. The van der Waals surface area contributed by atoms with E-state index in [0.29, 0.717) is 15.8 Å². The molecule has 0 spiro atoms. The molecule has 0 amide bonds. The number of benzene rings is 2. The number of hydrogen-bond donors (Lipinski definition) is 0. The fourth-order valence-corrected chi connectivity index (χ4v) is 2.15. The average Bonchev–Trinajstić information content (AvgIpc) is 2.37. The van der Waals surface area contributed by atoms with E-state index >= 15 is 0 Å².